The maximum atomic E-state index is 13.5. The van der Waals surface area contributed by atoms with Crippen LogP contribution >= 0.6 is 0 Å². The molecule has 1 aliphatic rings. The number of methoxy groups -OCH3 is 1. The second-order valence-corrected chi connectivity index (χ2v) is 8.87. The first-order chi connectivity index (χ1) is 12.8. The number of amides is 1. The van der Waals surface area contributed by atoms with E-state index in [2.05, 4.69) is 0 Å². The zero-order valence-corrected chi connectivity index (χ0v) is 16.5. The Hall–Kier alpha value is -2.38. The summed E-state index contributed by atoms with van der Waals surface area (Å²) in [7, 11) is -2.56. The van der Waals surface area contributed by atoms with Crippen LogP contribution in [0.3, 0.4) is 0 Å². The van der Waals surface area contributed by atoms with Gasteiger partial charge < -0.3 is 10.5 Å². The van der Waals surface area contributed by atoms with Crippen LogP contribution in [0.1, 0.15) is 36.5 Å². The van der Waals surface area contributed by atoms with Crippen molar-refractivity contribution in [3.05, 3.63) is 59.2 Å². The fourth-order valence-corrected chi connectivity index (χ4v) is 5.14. The summed E-state index contributed by atoms with van der Waals surface area (Å²) < 4.78 is 33.5. The smallest absolute Gasteiger partial charge is 0.247 e. The number of fused-ring (bicyclic) bond motifs is 1. The fourth-order valence-electron chi connectivity index (χ4n) is 3.37. The van der Waals surface area contributed by atoms with Crippen LogP contribution in [0, 0.1) is 0 Å². The van der Waals surface area contributed by atoms with Gasteiger partial charge in [0.25, 0.3) is 0 Å². The second-order valence-electron chi connectivity index (χ2n) is 7.01. The van der Waals surface area contributed by atoms with E-state index < -0.39 is 22.0 Å². The molecule has 2 N–H and O–H groups in total. The zero-order chi connectivity index (χ0) is 19.8. The predicted molar refractivity (Wildman–Crippen MR) is 103 cm³/mol. The quantitative estimate of drug-likeness (QED) is 0.852. The minimum Gasteiger partial charge on any atom is -0.495 e. The third kappa shape index (κ3) is 3.57. The Bertz CT molecular complexity index is 970. The van der Waals surface area contributed by atoms with Gasteiger partial charge in [0, 0.05) is 6.54 Å². The molecular weight excluding hydrogens is 364 g/mol. The molecule has 0 bridgehead atoms. The molecule has 2 aromatic rings. The van der Waals surface area contributed by atoms with Gasteiger partial charge in [-0.1, -0.05) is 44.2 Å². The van der Waals surface area contributed by atoms with Crippen LogP contribution in [0.4, 0.5) is 0 Å². The van der Waals surface area contributed by atoms with E-state index in [1.165, 1.54) is 11.4 Å². The van der Waals surface area contributed by atoms with Crippen molar-refractivity contribution >= 4 is 15.9 Å². The Morgan fingerprint density at radius 2 is 1.85 bits per heavy atom. The van der Waals surface area contributed by atoms with Gasteiger partial charge in [0.2, 0.25) is 15.9 Å². The number of carbonyl (C=O) groups is 1. The van der Waals surface area contributed by atoms with Gasteiger partial charge in [-0.3, -0.25) is 4.79 Å². The molecule has 0 fully saturated rings. The average Bonchev–Trinajstić information content (AvgIpc) is 2.66. The van der Waals surface area contributed by atoms with Gasteiger partial charge in [-0.05, 0) is 41.2 Å². The van der Waals surface area contributed by atoms with Crippen molar-refractivity contribution in [1.29, 1.82) is 0 Å². The van der Waals surface area contributed by atoms with E-state index in [4.69, 9.17) is 10.5 Å². The van der Waals surface area contributed by atoms with Crippen molar-refractivity contribution in [2.45, 2.75) is 43.7 Å². The highest BCUT2D eigenvalue weighted by molar-refractivity contribution is 7.89. The van der Waals surface area contributed by atoms with E-state index in [9.17, 15) is 13.2 Å². The Balaban J connectivity index is 2.13. The topological polar surface area (TPSA) is 89.7 Å². The molecular formula is C20H24N2O4S. The minimum atomic E-state index is -3.99. The zero-order valence-electron chi connectivity index (χ0n) is 15.7. The molecule has 27 heavy (non-hydrogen) atoms. The summed E-state index contributed by atoms with van der Waals surface area (Å²) in [6.07, 6.45) is 0.261. The van der Waals surface area contributed by atoms with Gasteiger partial charge in [-0.15, -0.1) is 0 Å². The summed E-state index contributed by atoms with van der Waals surface area (Å²) in [5, 5.41) is 0. The molecule has 0 aromatic heterocycles. The summed E-state index contributed by atoms with van der Waals surface area (Å²) in [4.78, 5) is 12.1. The molecule has 0 saturated carbocycles. The van der Waals surface area contributed by atoms with Gasteiger partial charge in [-0.25, -0.2) is 8.42 Å². The average molecular weight is 388 g/mol. The number of sulfonamides is 1. The van der Waals surface area contributed by atoms with Gasteiger partial charge in [-0.2, -0.15) is 4.31 Å². The molecule has 1 amide bonds. The number of nitrogens with two attached hydrogens (primary N) is 1. The lowest BCUT2D eigenvalue weighted by molar-refractivity contribution is -0.122. The molecule has 2 aromatic carbocycles. The molecule has 0 unspecified atom stereocenters. The van der Waals surface area contributed by atoms with Gasteiger partial charge >= 0.3 is 0 Å². The molecule has 7 heteroatoms. The van der Waals surface area contributed by atoms with Crippen LogP contribution < -0.4 is 10.5 Å². The van der Waals surface area contributed by atoms with Crippen LogP contribution in [0.15, 0.2) is 47.4 Å². The monoisotopic (exact) mass is 388 g/mol. The first kappa shape index (κ1) is 19.4. The van der Waals surface area contributed by atoms with E-state index in [-0.39, 0.29) is 29.5 Å². The highest BCUT2D eigenvalue weighted by Crippen LogP contribution is 2.34. The summed E-state index contributed by atoms with van der Waals surface area (Å²) in [5.41, 5.74) is 8.25. The number of primary amides is 1. The molecule has 1 aliphatic heterocycles. The van der Waals surface area contributed by atoms with Gasteiger partial charge in [0.1, 0.15) is 16.7 Å². The number of hydrogen-bond acceptors (Lipinski definition) is 4. The van der Waals surface area contributed by atoms with Crippen molar-refractivity contribution in [3.63, 3.8) is 0 Å². The number of nitrogens with zero attached hydrogens (tertiary/aromatic N) is 1. The largest absolute Gasteiger partial charge is 0.495 e. The molecule has 0 spiro atoms. The molecule has 3 rings (SSSR count). The number of benzene rings is 2. The lowest BCUT2D eigenvalue weighted by atomic mass is 9.96. The third-order valence-electron chi connectivity index (χ3n) is 4.97. The second kappa shape index (κ2) is 7.32. The standard InChI is InChI=1S/C20H24N2O4S/c1-13(2)14-8-9-18(26-3)19(11-14)27(24,25)22-12-16-7-5-4-6-15(16)10-17(22)20(21)23/h4-9,11,13,17H,10,12H2,1-3H3,(H2,21,23)/t17-/m0/s1. The molecule has 1 heterocycles. The lowest BCUT2D eigenvalue weighted by Gasteiger charge is -2.34. The summed E-state index contributed by atoms with van der Waals surface area (Å²) in [6.45, 7) is 4.07. The van der Waals surface area contributed by atoms with E-state index >= 15 is 0 Å². The van der Waals surface area contributed by atoms with Gasteiger partial charge in [0.05, 0.1) is 7.11 Å². The van der Waals surface area contributed by atoms with E-state index in [0.717, 1.165) is 16.7 Å². The number of hydrogen-bond donors (Lipinski definition) is 1. The van der Waals surface area contributed by atoms with E-state index in [0.29, 0.717) is 0 Å². The van der Waals surface area contributed by atoms with E-state index in [1.807, 2.05) is 44.2 Å². The summed E-state index contributed by atoms with van der Waals surface area (Å²) in [6, 6.07) is 11.7. The van der Waals surface area contributed by atoms with Crippen LogP contribution in [-0.2, 0) is 27.8 Å². The molecule has 0 saturated heterocycles. The van der Waals surface area contributed by atoms with Crippen molar-refractivity contribution < 1.29 is 17.9 Å². The Kier molecular flexibility index (Phi) is 5.26. The summed E-state index contributed by atoms with van der Waals surface area (Å²) >= 11 is 0. The molecule has 0 radical (unpaired) electrons. The first-order valence-corrected chi connectivity index (χ1v) is 10.3. The van der Waals surface area contributed by atoms with E-state index in [1.54, 1.807) is 12.1 Å². The third-order valence-corrected chi connectivity index (χ3v) is 6.85. The Morgan fingerprint density at radius 3 is 2.44 bits per heavy atom. The van der Waals surface area contributed by atoms with Crippen molar-refractivity contribution in [3.8, 4) is 5.75 Å². The Morgan fingerprint density at radius 1 is 1.19 bits per heavy atom. The highest BCUT2D eigenvalue weighted by Gasteiger charge is 2.40. The maximum Gasteiger partial charge on any atom is 0.247 e. The van der Waals surface area contributed by atoms with Crippen molar-refractivity contribution in [2.24, 2.45) is 5.73 Å². The van der Waals surface area contributed by atoms with Crippen LogP contribution in [0.25, 0.3) is 0 Å². The van der Waals surface area contributed by atoms with Crippen LogP contribution in [0.2, 0.25) is 0 Å². The SMILES string of the molecule is COc1ccc(C(C)C)cc1S(=O)(=O)N1Cc2ccccc2C[C@H]1C(N)=O. The minimum absolute atomic E-state index is 0.0573. The first-order valence-electron chi connectivity index (χ1n) is 8.81. The highest BCUT2D eigenvalue weighted by atomic mass is 32.2. The lowest BCUT2D eigenvalue weighted by Crippen LogP contribution is -2.51. The molecule has 0 aliphatic carbocycles. The Labute approximate surface area is 160 Å². The predicted octanol–water partition coefficient (Wildman–Crippen LogP) is 2.42. The molecule has 6 nitrogen and oxygen atoms in total. The van der Waals surface area contributed by atoms with Crippen LogP contribution in [0.5, 0.6) is 5.75 Å². The number of ether oxygens (including phenoxy) is 1. The fraction of sp³-hybridized carbons (Fsp3) is 0.350. The number of rotatable bonds is 5. The van der Waals surface area contributed by atoms with Gasteiger partial charge in [0.15, 0.2) is 0 Å². The van der Waals surface area contributed by atoms with Crippen molar-refractivity contribution in [2.75, 3.05) is 7.11 Å². The molecule has 1 atom stereocenters. The maximum absolute atomic E-state index is 13.5. The van der Waals surface area contributed by atoms with Crippen LogP contribution in [-0.4, -0.2) is 31.8 Å². The molecule has 144 valence electrons. The van der Waals surface area contributed by atoms with Crippen molar-refractivity contribution in [1.82, 2.24) is 4.31 Å². The summed E-state index contributed by atoms with van der Waals surface area (Å²) in [5.74, 6) is -0.257. The number of carbonyl (C=O) groups excluding carboxylic acids is 1. The normalized spacial score (nSPS) is 17.6.